The molecular weight excluding hydrogens is 346 g/mol. The average molecular weight is 376 g/mol. The summed E-state index contributed by atoms with van der Waals surface area (Å²) in [6.45, 7) is 8.78. The van der Waals surface area contributed by atoms with E-state index in [2.05, 4.69) is 43.0 Å². The SMILES string of the molecule is CN=C(NCc1nc(C)c(C)o1)NCC1CCCN(Cc2cccs2)C1. The molecule has 1 fully saturated rings. The maximum Gasteiger partial charge on any atom is 0.214 e. The number of aliphatic imine (C=N–C) groups is 1. The smallest absolute Gasteiger partial charge is 0.214 e. The second kappa shape index (κ2) is 9.19. The fourth-order valence-corrected chi connectivity index (χ4v) is 4.07. The standard InChI is InChI=1S/C19H29N5OS/c1-14-15(2)25-18(23-14)11-22-19(20-3)21-10-16-6-4-8-24(12-16)13-17-7-5-9-26-17/h5,7,9,16H,4,6,8,10-13H2,1-3H3,(H2,20,21,22). The first-order valence-electron chi connectivity index (χ1n) is 9.26. The van der Waals surface area contributed by atoms with Gasteiger partial charge in [0.05, 0.1) is 12.2 Å². The van der Waals surface area contributed by atoms with Crippen molar-refractivity contribution in [3.63, 3.8) is 0 Å². The minimum Gasteiger partial charge on any atom is -0.444 e. The van der Waals surface area contributed by atoms with Crippen LogP contribution in [0, 0.1) is 19.8 Å². The molecule has 0 aromatic carbocycles. The molecule has 3 rings (SSSR count). The van der Waals surface area contributed by atoms with Gasteiger partial charge in [-0.05, 0) is 50.6 Å². The van der Waals surface area contributed by atoms with Crippen LogP contribution < -0.4 is 10.6 Å². The zero-order valence-corrected chi connectivity index (χ0v) is 16.7. The number of hydrogen-bond donors (Lipinski definition) is 2. The van der Waals surface area contributed by atoms with E-state index in [1.54, 1.807) is 7.05 Å². The van der Waals surface area contributed by atoms with Crippen LogP contribution in [-0.4, -0.2) is 42.5 Å². The molecule has 2 aromatic rings. The molecular formula is C19H29N5OS. The van der Waals surface area contributed by atoms with E-state index in [4.69, 9.17) is 4.42 Å². The van der Waals surface area contributed by atoms with E-state index >= 15 is 0 Å². The van der Waals surface area contributed by atoms with Gasteiger partial charge in [-0.25, -0.2) is 4.98 Å². The molecule has 2 N–H and O–H groups in total. The first-order chi connectivity index (χ1) is 12.6. The van der Waals surface area contributed by atoms with Crippen molar-refractivity contribution < 1.29 is 4.42 Å². The highest BCUT2D eigenvalue weighted by atomic mass is 32.1. The number of thiophene rings is 1. The van der Waals surface area contributed by atoms with Crippen LogP contribution in [0.1, 0.15) is 35.1 Å². The number of aromatic nitrogens is 1. The Morgan fingerprint density at radius 3 is 3.00 bits per heavy atom. The van der Waals surface area contributed by atoms with E-state index in [0.717, 1.165) is 37.0 Å². The van der Waals surface area contributed by atoms with Crippen molar-refractivity contribution in [2.45, 2.75) is 39.8 Å². The van der Waals surface area contributed by atoms with Gasteiger partial charge in [0.25, 0.3) is 0 Å². The summed E-state index contributed by atoms with van der Waals surface area (Å²) >= 11 is 1.85. The predicted octanol–water partition coefficient (Wildman–Crippen LogP) is 2.93. The monoisotopic (exact) mass is 375 g/mol. The Kier molecular flexibility index (Phi) is 6.68. The molecule has 7 heteroatoms. The van der Waals surface area contributed by atoms with Crippen LogP contribution in [0.2, 0.25) is 0 Å². The van der Waals surface area contributed by atoms with E-state index < -0.39 is 0 Å². The first kappa shape index (κ1) is 18.9. The number of nitrogens with one attached hydrogen (secondary N) is 2. The summed E-state index contributed by atoms with van der Waals surface area (Å²) in [5.41, 5.74) is 0.942. The molecule has 142 valence electrons. The summed E-state index contributed by atoms with van der Waals surface area (Å²) in [4.78, 5) is 12.7. The fraction of sp³-hybridized carbons (Fsp3) is 0.579. The molecule has 0 bridgehead atoms. The molecule has 1 aliphatic heterocycles. The third kappa shape index (κ3) is 5.32. The van der Waals surface area contributed by atoms with E-state index in [1.165, 1.54) is 24.3 Å². The predicted molar refractivity (Wildman–Crippen MR) is 106 cm³/mol. The molecule has 0 aliphatic carbocycles. The van der Waals surface area contributed by atoms with Crippen molar-refractivity contribution in [3.8, 4) is 0 Å². The van der Waals surface area contributed by atoms with Crippen molar-refractivity contribution in [1.29, 1.82) is 0 Å². The van der Waals surface area contributed by atoms with Crippen molar-refractivity contribution >= 4 is 17.3 Å². The topological polar surface area (TPSA) is 65.7 Å². The van der Waals surface area contributed by atoms with Gasteiger partial charge in [0, 0.05) is 31.6 Å². The molecule has 0 saturated carbocycles. The van der Waals surface area contributed by atoms with Crippen molar-refractivity contribution in [1.82, 2.24) is 20.5 Å². The Hall–Kier alpha value is -1.86. The summed E-state index contributed by atoms with van der Waals surface area (Å²) in [5.74, 6) is 3.02. The van der Waals surface area contributed by atoms with Gasteiger partial charge in [-0.2, -0.15) is 0 Å². The second-order valence-electron chi connectivity index (χ2n) is 6.88. The molecule has 0 spiro atoms. The number of rotatable bonds is 6. The third-order valence-corrected chi connectivity index (χ3v) is 5.69. The molecule has 1 unspecified atom stereocenters. The summed E-state index contributed by atoms with van der Waals surface area (Å²) < 4.78 is 5.61. The number of nitrogens with zero attached hydrogens (tertiary/aromatic N) is 3. The molecule has 0 radical (unpaired) electrons. The van der Waals surface area contributed by atoms with Crippen LogP contribution in [0.25, 0.3) is 0 Å². The molecule has 1 saturated heterocycles. The Morgan fingerprint density at radius 2 is 2.31 bits per heavy atom. The maximum absolute atomic E-state index is 5.61. The summed E-state index contributed by atoms with van der Waals surface area (Å²) in [5, 5.41) is 8.90. The Balaban J connectivity index is 1.42. The normalized spacial score (nSPS) is 18.9. The number of piperidine rings is 1. The third-order valence-electron chi connectivity index (χ3n) is 4.82. The molecule has 6 nitrogen and oxygen atoms in total. The minimum atomic E-state index is 0.545. The van der Waals surface area contributed by atoms with Crippen molar-refractivity contribution in [3.05, 3.63) is 39.7 Å². The Labute approximate surface area is 159 Å². The highest BCUT2D eigenvalue weighted by molar-refractivity contribution is 7.09. The lowest BCUT2D eigenvalue weighted by atomic mass is 9.98. The second-order valence-corrected chi connectivity index (χ2v) is 7.91. The average Bonchev–Trinajstić information content (AvgIpc) is 3.25. The van der Waals surface area contributed by atoms with Gasteiger partial charge in [-0.15, -0.1) is 11.3 Å². The highest BCUT2D eigenvalue weighted by Crippen LogP contribution is 2.20. The van der Waals surface area contributed by atoms with Gasteiger partial charge in [-0.3, -0.25) is 9.89 Å². The van der Waals surface area contributed by atoms with Gasteiger partial charge in [0.2, 0.25) is 5.89 Å². The van der Waals surface area contributed by atoms with E-state index in [9.17, 15) is 0 Å². The first-order valence-corrected chi connectivity index (χ1v) is 10.1. The van der Waals surface area contributed by atoms with Crippen LogP contribution in [0.3, 0.4) is 0 Å². The van der Waals surface area contributed by atoms with E-state index in [-0.39, 0.29) is 0 Å². The van der Waals surface area contributed by atoms with Crippen LogP contribution in [-0.2, 0) is 13.1 Å². The van der Waals surface area contributed by atoms with E-state index in [0.29, 0.717) is 18.4 Å². The number of aryl methyl sites for hydroxylation is 2. The van der Waals surface area contributed by atoms with Gasteiger partial charge in [-0.1, -0.05) is 6.07 Å². The largest absolute Gasteiger partial charge is 0.444 e. The number of oxazole rings is 1. The van der Waals surface area contributed by atoms with Crippen LogP contribution in [0.5, 0.6) is 0 Å². The summed E-state index contributed by atoms with van der Waals surface area (Å²) in [6, 6.07) is 4.36. The van der Waals surface area contributed by atoms with Crippen molar-refractivity contribution in [2.24, 2.45) is 10.9 Å². The van der Waals surface area contributed by atoms with Crippen LogP contribution in [0.15, 0.2) is 26.9 Å². The molecule has 26 heavy (non-hydrogen) atoms. The molecule has 1 atom stereocenters. The highest BCUT2D eigenvalue weighted by Gasteiger charge is 2.20. The van der Waals surface area contributed by atoms with Crippen LogP contribution >= 0.6 is 11.3 Å². The van der Waals surface area contributed by atoms with E-state index in [1.807, 2.05) is 25.2 Å². The minimum absolute atomic E-state index is 0.545. The Morgan fingerprint density at radius 1 is 1.42 bits per heavy atom. The quantitative estimate of drug-likeness (QED) is 0.600. The maximum atomic E-state index is 5.61. The lowest BCUT2D eigenvalue weighted by molar-refractivity contribution is 0.169. The van der Waals surface area contributed by atoms with Crippen LogP contribution in [0.4, 0.5) is 0 Å². The number of likely N-dealkylation sites (tertiary alicyclic amines) is 1. The van der Waals surface area contributed by atoms with Gasteiger partial charge < -0.3 is 15.1 Å². The van der Waals surface area contributed by atoms with Gasteiger partial charge >= 0.3 is 0 Å². The zero-order valence-electron chi connectivity index (χ0n) is 15.9. The molecule has 0 amide bonds. The zero-order chi connectivity index (χ0) is 18.4. The lowest BCUT2D eigenvalue weighted by Gasteiger charge is -2.32. The fourth-order valence-electron chi connectivity index (χ4n) is 3.32. The Bertz CT molecular complexity index is 690. The number of hydrogen-bond acceptors (Lipinski definition) is 5. The summed E-state index contributed by atoms with van der Waals surface area (Å²) in [6.07, 6.45) is 2.53. The molecule has 3 heterocycles. The summed E-state index contributed by atoms with van der Waals surface area (Å²) in [7, 11) is 1.80. The van der Waals surface area contributed by atoms with Crippen molar-refractivity contribution in [2.75, 3.05) is 26.7 Å². The number of guanidine groups is 1. The lowest BCUT2D eigenvalue weighted by Crippen LogP contribution is -2.44. The molecule has 1 aliphatic rings. The van der Waals surface area contributed by atoms with Gasteiger partial charge in [0.15, 0.2) is 5.96 Å². The molecule has 2 aromatic heterocycles. The van der Waals surface area contributed by atoms with Gasteiger partial charge in [0.1, 0.15) is 5.76 Å².